The minimum absolute atomic E-state index is 0. The number of nitrogens with zero attached hydrogens (tertiary/aromatic N) is 1. The van der Waals surface area contributed by atoms with Gasteiger partial charge in [-0.1, -0.05) is 19.1 Å². The number of guanidine groups is 1. The van der Waals surface area contributed by atoms with Crippen LogP contribution in [-0.2, 0) is 6.42 Å². The second kappa shape index (κ2) is 11.9. The molecule has 0 saturated carbocycles. The number of aliphatic imine (C=N–C) groups is 1. The predicted octanol–water partition coefficient (Wildman–Crippen LogP) is 3.24. The Labute approximate surface area is 176 Å². The molecule has 142 valence electrons. The first-order valence-corrected chi connectivity index (χ1v) is 9.36. The first-order valence-electron chi connectivity index (χ1n) is 8.41. The van der Waals surface area contributed by atoms with Gasteiger partial charge in [0.1, 0.15) is 0 Å². The van der Waals surface area contributed by atoms with E-state index in [1.165, 1.54) is 5.56 Å². The zero-order valence-corrected chi connectivity index (χ0v) is 18.6. The maximum atomic E-state index is 11.7. The molecule has 1 unspecified atom stereocenters. The lowest BCUT2D eigenvalue weighted by Crippen LogP contribution is -2.39. The van der Waals surface area contributed by atoms with Gasteiger partial charge in [-0.3, -0.25) is 9.79 Å². The number of carbonyl (C=O) groups excluding carboxylic acids is 1. The number of amides is 1. The average Bonchev–Trinajstić information content (AvgIpc) is 3.18. The zero-order chi connectivity index (χ0) is 18.1. The largest absolute Gasteiger partial charge is 0.356 e. The molecule has 0 aliphatic heterocycles. The predicted molar refractivity (Wildman–Crippen MR) is 121 cm³/mol. The number of rotatable bonds is 7. The minimum Gasteiger partial charge on any atom is -0.356 e. The van der Waals surface area contributed by atoms with Gasteiger partial charge < -0.3 is 16.0 Å². The van der Waals surface area contributed by atoms with Crippen LogP contribution in [0.2, 0.25) is 0 Å². The van der Waals surface area contributed by atoms with E-state index in [1.54, 1.807) is 25.4 Å². The first kappa shape index (κ1) is 22.4. The van der Waals surface area contributed by atoms with Gasteiger partial charge in [0.25, 0.3) is 5.91 Å². The van der Waals surface area contributed by atoms with Crippen LogP contribution in [0.3, 0.4) is 0 Å². The molecule has 0 radical (unpaired) electrons. The Morgan fingerprint density at radius 3 is 2.73 bits per heavy atom. The van der Waals surface area contributed by atoms with Crippen molar-refractivity contribution in [2.24, 2.45) is 4.99 Å². The smallest absolute Gasteiger partial charge is 0.251 e. The fraction of sp³-hybridized carbons (Fsp3) is 0.368. The van der Waals surface area contributed by atoms with Gasteiger partial charge in [0.2, 0.25) is 0 Å². The van der Waals surface area contributed by atoms with E-state index in [1.807, 2.05) is 24.3 Å². The molecule has 7 heteroatoms. The number of halogens is 1. The Morgan fingerprint density at radius 2 is 2.08 bits per heavy atom. The SMILES string of the molecule is CN=C(NCCc1cccc(C(=O)NC)c1)NCC(C)c1ccsc1.I. The van der Waals surface area contributed by atoms with E-state index < -0.39 is 0 Å². The molecule has 26 heavy (non-hydrogen) atoms. The highest BCUT2D eigenvalue weighted by molar-refractivity contribution is 14.0. The Balaban J connectivity index is 0.00000338. The van der Waals surface area contributed by atoms with Crippen molar-refractivity contribution >= 4 is 47.2 Å². The first-order chi connectivity index (χ1) is 12.1. The summed E-state index contributed by atoms with van der Waals surface area (Å²) in [5.74, 6) is 1.17. The number of carbonyl (C=O) groups is 1. The summed E-state index contributed by atoms with van der Waals surface area (Å²) in [7, 11) is 3.42. The molecule has 0 aliphatic rings. The van der Waals surface area contributed by atoms with E-state index in [2.05, 4.69) is 44.7 Å². The Kier molecular flexibility index (Phi) is 10.3. The van der Waals surface area contributed by atoms with Gasteiger partial charge in [0.05, 0.1) is 0 Å². The average molecular weight is 486 g/mol. The maximum Gasteiger partial charge on any atom is 0.251 e. The molecule has 1 atom stereocenters. The monoisotopic (exact) mass is 486 g/mol. The van der Waals surface area contributed by atoms with Gasteiger partial charge in [0, 0.05) is 32.7 Å². The molecule has 2 aromatic rings. The molecule has 1 aromatic heterocycles. The van der Waals surface area contributed by atoms with Crippen molar-refractivity contribution in [2.45, 2.75) is 19.3 Å². The summed E-state index contributed by atoms with van der Waals surface area (Å²) in [5.41, 5.74) is 3.15. The molecule has 5 nitrogen and oxygen atoms in total. The molecule has 3 N–H and O–H groups in total. The van der Waals surface area contributed by atoms with Crippen LogP contribution < -0.4 is 16.0 Å². The van der Waals surface area contributed by atoms with Crippen LogP contribution in [0.25, 0.3) is 0 Å². The van der Waals surface area contributed by atoms with Gasteiger partial charge in [-0.25, -0.2) is 0 Å². The topological polar surface area (TPSA) is 65.5 Å². The number of benzene rings is 1. The highest BCUT2D eigenvalue weighted by Gasteiger charge is 2.07. The number of nitrogens with one attached hydrogen (secondary N) is 3. The van der Waals surface area contributed by atoms with Crippen molar-refractivity contribution in [1.82, 2.24) is 16.0 Å². The molecule has 0 fully saturated rings. The molecule has 0 saturated heterocycles. The van der Waals surface area contributed by atoms with Gasteiger partial charge in [-0.05, 0) is 52.4 Å². The van der Waals surface area contributed by atoms with E-state index in [4.69, 9.17) is 0 Å². The Bertz CT molecular complexity index is 703. The lowest BCUT2D eigenvalue weighted by atomic mass is 10.1. The molecular weight excluding hydrogens is 459 g/mol. The van der Waals surface area contributed by atoms with Crippen LogP contribution in [0.15, 0.2) is 46.1 Å². The molecular formula is C19H27IN4OS. The van der Waals surface area contributed by atoms with Crippen LogP contribution in [-0.4, -0.2) is 39.1 Å². The molecule has 0 spiro atoms. The number of thiophene rings is 1. The van der Waals surface area contributed by atoms with Crippen molar-refractivity contribution in [3.63, 3.8) is 0 Å². The van der Waals surface area contributed by atoms with E-state index in [0.29, 0.717) is 11.5 Å². The van der Waals surface area contributed by atoms with E-state index >= 15 is 0 Å². The molecule has 1 heterocycles. The second-order valence-corrected chi connectivity index (χ2v) is 6.65. The third-order valence-electron chi connectivity index (χ3n) is 4.03. The van der Waals surface area contributed by atoms with Crippen LogP contribution in [0.1, 0.15) is 34.3 Å². The molecule has 0 aliphatic carbocycles. The highest BCUT2D eigenvalue weighted by atomic mass is 127. The van der Waals surface area contributed by atoms with Crippen LogP contribution in [0.4, 0.5) is 0 Å². The Hall–Kier alpha value is -1.61. The van der Waals surface area contributed by atoms with Gasteiger partial charge in [-0.15, -0.1) is 24.0 Å². The maximum absolute atomic E-state index is 11.7. The van der Waals surface area contributed by atoms with Crippen molar-refractivity contribution in [3.05, 3.63) is 57.8 Å². The second-order valence-electron chi connectivity index (χ2n) is 5.87. The molecule has 1 aromatic carbocycles. The van der Waals surface area contributed by atoms with Crippen molar-refractivity contribution < 1.29 is 4.79 Å². The van der Waals surface area contributed by atoms with Crippen LogP contribution in [0, 0.1) is 0 Å². The summed E-state index contributed by atoms with van der Waals surface area (Å²) < 4.78 is 0. The Morgan fingerprint density at radius 1 is 1.27 bits per heavy atom. The zero-order valence-electron chi connectivity index (χ0n) is 15.4. The standard InChI is InChI=1S/C19H26N4OS.HI/c1-14(17-8-10-25-13-17)12-23-19(21-3)22-9-7-15-5-4-6-16(11-15)18(24)20-2;/h4-6,8,10-11,13-14H,7,9,12H2,1-3H3,(H,20,24)(H2,21,22,23);1H. The van der Waals surface area contributed by atoms with Gasteiger partial charge in [0.15, 0.2) is 5.96 Å². The minimum atomic E-state index is -0.0605. The summed E-state index contributed by atoms with van der Waals surface area (Å²) >= 11 is 1.72. The van der Waals surface area contributed by atoms with E-state index in [0.717, 1.165) is 31.0 Å². The van der Waals surface area contributed by atoms with Crippen molar-refractivity contribution in [1.29, 1.82) is 0 Å². The van der Waals surface area contributed by atoms with Crippen LogP contribution >= 0.6 is 35.3 Å². The fourth-order valence-corrected chi connectivity index (χ4v) is 3.26. The summed E-state index contributed by atoms with van der Waals surface area (Å²) in [6.45, 7) is 3.79. The van der Waals surface area contributed by atoms with Crippen molar-refractivity contribution in [2.75, 3.05) is 27.2 Å². The van der Waals surface area contributed by atoms with E-state index in [-0.39, 0.29) is 29.9 Å². The number of hydrogen-bond donors (Lipinski definition) is 3. The normalized spacial score (nSPS) is 12.0. The van der Waals surface area contributed by atoms with E-state index in [9.17, 15) is 4.79 Å². The molecule has 2 rings (SSSR count). The van der Waals surface area contributed by atoms with Gasteiger partial charge in [-0.2, -0.15) is 11.3 Å². The summed E-state index contributed by atoms with van der Waals surface area (Å²) in [4.78, 5) is 15.9. The lowest BCUT2D eigenvalue weighted by molar-refractivity contribution is 0.0963. The summed E-state index contributed by atoms with van der Waals surface area (Å²) in [6, 6.07) is 9.85. The summed E-state index contributed by atoms with van der Waals surface area (Å²) in [6.07, 6.45) is 0.825. The third kappa shape index (κ3) is 6.95. The highest BCUT2D eigenvalue weighted by Crippen LogP contribution is 2.16. The number of hydrogen-bond acceptors (Lipinski definition) is 3. The molecule has 0 bridgehead atoms. The fourth-order valence-electron chi connectivity index (χ4n) is 2.48. The third-order valence-corrected chi connectivity index (χ3v) is 4.74. The summed E-state index contributed by atoms with van der Waals surface area (Å²) in [5, 5.41) is 13.6. The lowest BCUT2D eigenvalue weighted by Gasteiger charge is -2.15. The quantitative estimate of drug-likeness (QED) is 0.320. The molecule has 1 amide bonds. The van der Waals surface area contributed by atoms with Crippen molar-refractivity contribution in [3.8, 4) is 0 Å². The van der Waals surface area contributed by atoms with Gasteiger partial charge >= 0.3 is 0 Å². The van der Waals surface area contributed by atoms with Crippen LogP contribution in [0.5, 0.6) is 0 Å².